The van der Waals surface area contributed by atoms with E-state index >= 15 is 0 Å². The zero-order valence-corrected chi connectivity index (χ0v) is 17.4. The zero-order valence-electron chi connectivity index (χ0n) is 16.6. The van der Waals surface area contributed by atoms with Crippen molar-refractivity contribution in [2.75, 3.05) is 33.1 Å². The molecule has 0 N–H and O–H groups in total. The molecule has 1 aromatic carbocycles. The number of thioether (sulfide) groups is 1. The fourth-order valence-electron chi connectivity index (χ4n) is 3.38. The number of amides is 1. The Kier molecular flexibility index (Phi) is 6.47. The van der Waals surface area contributed by atoms with Gasteiger partial charge in [0, 0.05) is 24.5 Å². The third kappa shape index (κ3) is 4.49. The predicted octanol–water partition coefficient (Wildman–Crippen LogP) is 4.17. The second kappa shape index (κ2) is 8.83. The average Bonchev–Trinajstić information content (AvgIpc) is 2.70. The van der Waals surface area contributed by atoms with Crippen molar-refractivity contribution in [1.29, 1.82) is 0 Å². The molecule has 0 radical (unpaired) electrons. The van der Waals surface area contributed by atoms with E-state index in [4.69, 9.17) is 14.5 Å². The number of ether oxygens (including phenoxy) is 2. The van der Waals surface area contributed by atoms with Crippen LogP contribution in [0.25, 0.3) is 10.9 Å². The van der Waals surface area contributed by atoms with Gasteiger partial charge in [-0.2, -0.15) is 0 Å². The molecular weight excluding hydrogens is 360 g/mol. The van der Waals surface area contributed by atoms with Crippen LogP contribution >= 0.6 is 11.8 Å². The lowest BCUT2D eigenvalue weighted by Crippen LogP contribution is -2.38. The number of carbonyl (C=O) groups excluding carboxylic acids is 1. The van der Waals surface area contributed by atoms with E-state index in [0.29, 0.717) is 17.3 Å². The van der Waals surface area contributed by atoms with Crippen molar-refractivity contribution < 1.29 is 14.3 Å². The van der Waals surface area contributed by atoms with Crippen LogP contribution < -0.4 is 9.47 Å². The average molecular weight is 389 g/mol. The maximum absolute atomic E-state index is 12.6. The molecule has 1 fully saturated rings. The topological polar surface area (TPSA) is 51.7 Å². The molecule has 1 aliphatic rings. The van der Waals surface area contributed by atoms with Crippen molar-refractivity contribution in [2.24, 2.45) is 5.92 Å². The number of carbonyl (C=O) groups is 1. The van der Waals surface area contributed by atoms with Gasteiger partial charge in [-0.3, -0.25) is 4.79 Å². The summed E-state index contributed by atoms with van der Waals surface area (Å²) in [6, 6.07) is 5.99. The Balaban J connectivity index is 1.79. The number of nitrogens with zero attached hydrogens (tertiary/aromatic N) is 2. The number of fused-ring (bicyclic) bond motifs is 1. The molecule has 2 aromatic rings. The van der Waals surface area contributed by atoms with Crippen molar-refractivity contribution in [3.8, 4) is 11.5 Å². The molecule has 6 heteroatoms. The number of likely N-dealkylation sites (tertiary alicyclic amines) is 1. The van der Waals surface area contributed by atoms with E-state index in [1.54, 1.807) is 14.2 Å². The van der Waals surface area contributed by atoms with Crippen molar-refractivity contribution >= 4 is 28.6 Å². The molecule has 0 saturated carbocycles. The van der Waals surface area contributed by atoms with E-state index < -0.39 is 0 Å². The van der Waals surface area contributed by atoms with Gasteiger partial charge in [0.1, 0.15) is 5.03 Å². The number of hydrogen-bond donors (Lipinski definition) is 0. The normalized spacial score (nSPS) is 15.2. The van der Waals surface area contributed by atoms with Crippen LogP contribution in [-0.2, 0) is 11.2 Å². The fraction of sp³-hybridized carbons (Fsp3) is 0.524. The summed E-state index contributed by atoms with van der Waals surface area (Å²) in [5.41, 5.74) is 2.01. The highest BCUT2D eigenvalue weighted by atomic mass is 32.2. The number of methoxy groups -OCH3 is 2. The Morgan fingerprint density at radius 2 is 1.85 bits per heavy atom. The van der Waals surface area contributed by atoms with Crippen LogP contribution in [-0.4, -0.2) is 48.9 Å². The summed E-state index contributed by atoms with van der Waals surface area (Å²) >= 11 is 1.54. The standard InChI is InChI=1S/C21H28N2O3S/c1-5-15-10-16-11-18(25-3)19(26-4)12-17(16)22-21(15)27-13-20(24)23-8-6-14(2)7-9-23/h10-12,14H,5-9,13H2,1-4H3. The smallest absolute Gasteiger partial charge is 0.232 e. The number of aryl methyl sites for hydroxylation is 1. The first-order chi connectivity index (χ1) is 13.0. The highest BCUT2D eigenvalue weighted by Gasteiger charge is 2.21. The Morgan fingerprint density at radius 1 is 1.19 bits per heavy atom. The SMILES string of the molecule is CCc1cc2cc(OC)c(OC)cc2nc1SCC(=O)N1CCC(C)CC1. The molecule has 0 spiro atoms. The van der Waals surface area contributed by atoms with E-state index in [1.807, 2.05) is 17.0 Å². The van der Waals surface area contributed by atoms with Gasteiger partial charge in [-0.15, -0.1) is 0 Å². The Labute approximate surface area is 165 Å². The summed E-state index contributed by atoms with van der Waals surface area (Å²) in [5.74, 6) is 2.73. The van der Waals surface area contributed by atoms with Crippen LogP contribution in [0.4, 0.5) is 0 Å². The van der Waals surface area contributed by atoms with Gasteiger partial charge < -0.3 is 14.4 Å². The molecule has 1 amide bonds. The van der Waals surface area contributed by atoms with Crippen molar-refractivity contribution in [2.45, 2.75) is 38.1 Å². The second-order valence-electron chi connectivity index (χ2n) is 7.06. The van der Waals surface area contributed by atoms with E-state index in [0.717, 1.165) is 59.8 Å². The van der Waals surface area contributed by atoms with Gasteiger partial charge in [0.2, 0.25) is 5.91 Å². The van der Waals surface area contributed by atoms with E-state index in [1.165, 1.54) is 11.8 Å². The van der Waals surface area contributed by atoms with Crippen molar-refractivity contribution in [1.82, 2.24) is 9.88 Å². The van der Waals surface area contributed by atoms with Gasteiger partial charge in [-0.05, 0) is 42.9 Å². The molecule has 27 heavy (non-hydrogen) atoms. The van der Waals surface area contributed by atoms with Crippen molar-refractivity contribution in [3.05, 3.63) is 23.8 Å². The molecule has 2 heterocycles. The third-order valence-electron chi connectivity index (χ3n) is 5.21. The first kappa shape index (κ1) is 19.8. The van der Waals surface area contributed by atoms with E-state index in [9.17, 15) is 4.79 Å². The summed E-state index contributed by atoms with van der Waals surface area (Å²) in [5, 5.41) is 1.95. The molecule has 1 saturated heterocycles. The zero-order chi connectivity index (χ0) is 19.4. The Bertz CT molecular complexity index is 817. The molecule has 146 valence electrons. The summed E-state index contributed by atoms with van der Waals surface area (Å²) in [6.07, 6.45) is 3.08. The van der Waals surface area contributed by atoms with Gasteiger partial charge in [0.15, 0.2) is 11.5 Å². The van der Waals surface area contributed by atoms with E-state index in [2.05, 4.69) is 19.9 Å². The number of rotatable bonds is 6. The van der Waals surface area contributed by atoms with Gasteiger partial charge in [-0.1, -0.05) is 25.6 Å². The van der Waals surface area contributed by atoms with Gasteiger partial charge >= 0.3 is 0 Å². The number of pyridine rings is 1. The second-order valence-corrected chi connectivity index (χ2v) is 8.02. The van der Waals surface area contributed by atoms with Crippen LogP contribution in [0.2, 0.25) is 0 Å². The molecule has 0 bridgehead atoms. The highest BCUT2D eigenvalue weighted by molar-refractivity contribution is 7.99. The molecule has 0 atom stereocenters. The largest absolute Gasteiger partial charge is 0.493 e. The van der Waals surface area contributed by atoms with Gasteiger partial charge in [0.05, 0.1) is 25.5 Å². The molecule has 0 aliphatic carbocycles. The summed E-state index contributed by atoms with van der Waals surface area (Å²) < 4.78 is 10.8. The highest BCUT2D eigenvalue weighted by Crippen LogP contribution is 2.34. The molecule has 3 rings (SSSR count). The molecule has 0 unspecified atom stereocenters. The van der Waals surface area contributed by atoms with Crippen molar-refractivity contribution in [3.63, 3.8) is 0 Å². The quantitative estimate of drug-likeness (QED) is 0.696. The predicted molar refractivity (Wildman–Crippen MR) is 110 cm³/mol. The molecular formula is C21H28N2O3S. The molecule has 1 aromatic heterocycles. The third-order valence-corrected chi connectivity index (χ3v) is 6.23. The Hall–Kier alpha value is -1.95. The minimum Gasteiger partial charge on any atom is -0.493 e. The maximum atomic E-state index is 12.6. The van der Waals surface area contributed by atoms with Gasteiger partial charge in [-0.25, -0.2) is 4.98 Å². The number of piperidine rings is 1. The van der Waals surface area contributed by atoms with Crippen LogP contribution in [0.1, 0.15) is 32.3 Å². The lowest BCUT2D eigenvalue weighted by molar-refractivity contribution is -0.129. The summed E-state index contributed by atoms with van der Waals surface area (Å²) in [4.78, 5) is 19.4. The minimum absolute atomic E-state index is 0.211. The number of aromatic nitrogens is 1. The van der Waals surface area contributed by atoms with Crippen LogP contribution in [0.5, 0.6) is 11.5 Å². The number of benzene rings is 1. The minimum atomic E-state index is 0.211. The monoisotopic (exact) mass is 388 g/mol. The van der Waals surface area contributed by atoms with E-state index in [-0.39, 0.29) is 5.91 Å². The first-order valence-corrected chi connectivity index (χ1v) is 10.5. The lowest BCUT2D eigenvalue weighted by atomic mass is 9.99. The fourth-order valence-corrected chi connectivity index (χ4v) is 4.38. The van der Waals surface area contributed by atoms with Crippen LogP contribution in [0, 0.1) is 5.92 Å². The number of hydrogen-bond acceptors (Lipinski definition) is 5. The van der Waals surface area contributed by atoms with Crippen LogP contribution in [0.15, 0.2) is 23.2 Å². The maximum Gasteiger partial charge on any atom is 0.232 e. The first-order valence-electron chi connectivity index (χ1n) is 9.52. The lowest BCUT2D eigenvalue weighted by Gasteiger charge is -2.30. The summed E-state index contributed by atoms with van der Waals surface area (Å²) in [6.45, 7) is 6.13. The molecule has 1 aliphatic heterocycles. The van der Waals surface area contributed by atoms with Crippen LogP contribution in [0.3, 0.4) is 0 Å². The molecule has 5 nitrogen and oxygen atoms in total. The Morgan fingerprint density at radius 3 is 2.48 bits per heavy atom. The van der Waals surface area contributed by atoms with Gasteiger partial charge in [0.25, 0.3) is 0 Å². The summed E-state index contributed by atoms with van der Waals surface area (Å²) in [7, 11) is 3.26.